The molecule has 0 aromatic rings. The first-order valence-corrected chi connectivity index (χ1v) is 4.26. The molecule has 1 aliphatic rings. The summed E-state index contributed by atoms with van der Waals surface area (Å²) in [6.07, 6.45) is 5.49. The Kier molecular flexibility index (Phi) is 3.30. The Hall–Kier alpha value is -0.630. The zero-order valence-electron chi connectivity index (χ0n) is 7.35. The maximum Gasteiger partial charge on any atom is 0.0529 e. The van der Waals surface area contributed by atoms with Gasteiger partial charge in [-0.1, -0.05) is 6.92 Å². The van der Waals surface area contributed by atoms with Gasteiger partial charge in [-0.15, -0.1) is 0 Å². The molecule has 1 rings (SSSR count). The molecule has 2 heteroatoms. The molecule has 0 radical (unpaired) electrons. The van der Waals surface area contributed by atoms with Gasteiger partial charge < -0.3 is 5.32 Å². The summed E-state index contributed by atoms with van der Waals surface area (Å²) in [5.41, 5.74) is 2.77. The van der Waals surface area contributed by atoms with Crippen molar-refractivity contribution in [2.75, 3.05) is 13.6 Å². The van der Waals surface area contributed by atoms with E-state index in [1.807, 2.05) is 13.3 Å². The number of hydrogen-bond donors (Lipinski definition) is 1. The van der Waals surface area contributed by atoms with Crippen LogP contribution in [0.3, 0.4) is 0 Å². The highest BCUT2D eigenvalue weighted by atomic mass is 14.9. The van der Waals surface area contributed by atoms with Crippen molar-refractivity contribution in [3.8, 4) is 0 Å². The number of rotatable bonds is 3. The number of nitrogens with one attached hydrogen (secondary N) is 1. The van der Waals surface area contributed by atoms with E-state index in [-0.39, 0.29) is 0 Å². The Balaban J connectivity index is 2.66. The molecule has 11 heavy (non-hydrogen) atoms. The van der Waals surface area contributed by atoms with Gasteiger partial charge in [0.15, 0.2) is 0 Å². The van der Waals surface area contributed by atoms with E-state index in [1.165, 1.54) is 17.7 Å². The molecular weight excluding hydrogens is 136 g/mol. The highest BCUT2D eigenvalue weighted by Crippen LogP contribution is 2.18. The number of allylic oxidation sites excluding steroid dienone is 1. The summed E-state index contributed by atoms with van der Waals surface area (Å²) < 4.78 is 0. The minimum Gasteiger partial charge on any atom is -0.314 e. The smallest absolute Gasteiger partial charge is 0.0529 e. The standard InChI is InChI=1S/C9H16N2/c1-3-8-5-4-6-11-9(8)7-10-2/h6,10H,3-5,7H2,1-2H3. The lowest BCUT2D eigenvalue weighted by Gasteiger charge is -2.12. The molecule has 0 bridgehead atoms. The van der Waals surface area contributed by atoms with E-state index in [1.54, 1.807) is 0 Å². The van der Waals surface area contributed by atoms with E-state index in [0.717, 1.165) is 19.4 Å². The third-order valence-corrected chi connectivity index (χ3v) is 2.00. The van der Waals surface area contributed by atoms with Crippen LogP contribution in [0.2, 0.25) is 0 Å². The van der Waals surface area contributed by atoms with Crippen LogP contribution in [-0.4, -0.2) is 19.8 Å². The van der Waals surface area contributed by atoms with Gasteiger partial charge in [0.2, 0.25) is 0 Å². The maximum atomic E-state index is 4.36. The van der Waals surface area contributed by atoms with Gasteiger partial charge in [0.25, 0.3) is 0 Å². The molecule has 1 aliphatic heterocycles. The van der Waals surface area contributed by atoms with Crippen molar-refractivity contribution >= 4 is 6.21 Å². The van der Waals surface area contributed by atoms with Gasteiger partial charge in [-0.3, -0.25) is 4.99 Å². The normalized spacial score (nSPS) is 17.6. The Morgan fingerprint density at radius 3 is 3.09 bits per heavy atom. The molecule has 0 saturated heterocycles. The topological polar surface area (TPSA) is 24.4 Å². The van der Waals surface area contributed by atoms with Crippen LogP contribution in [0.4, 0.5) is 0 Å². The Labute approximate surface area is 68.4 Å². The summed E-state index contributed by atoms with van der Waals surface area (Å²) >= 11 is 0. The van der Waals surface area contributed by atoms with Gasteiger partial charge in [-0.05, 0) is 31.9 Å². The van der Waals surface area contributed by atoms with Crippen LogP contribution in [0.15, 0.2) is 16.3 Å². The molecule has 0 atom stereocenters. The Morgan fingerprint density at radius 2 is 2.45 bits per heavy atom. The molecule has 0 aliphatic carbocycles. The average Bonchev–Trinajstić information content (AvgIpc) is 2.06. The molecule has 2 nitrogen and oxygen atoms in total. The summed E-state index contributed by atoms with van der Waals surface area (Å²) in [6.45, 7) is 3.12. The summed E-state index contributed by atoms with van der Waals surface area (Å²) in [4.78, 5) is 4.36. The van der Waals surface area contributed by atoms with Crippen LogP contribution < -0.4 is 5.32 Å². The quantitative estimate of drug-likeness (QED) is 0.654. The molecule has 62 valence electrons. The SMILES string of the molecule is CCC1=C(CNC)N=CCC1. The molecular formula is C9H16N2. The van der Waals surface area contributed by atoms with Crippen molar-refractivity contribution in [3.05, 3.63) is 11.3 Å². The third-order valence-electron chi connectivity index (χ3n) is 2.00. The van der Waals surface area contributed by atoms with Crippen LogP contribution in [0.25, 0.3) is 0 Å². The summed E-state index contributed by atoms with van der Waals surface area (Å²) in [7, 11) is 1.96. The number of hydrogen-bond acceptors (Lipinski definition) is 2. The predicted molar refractivity (Wildman–Crippen MR) is 49.0 cm³/mol. The van der Waals surface area contributed by atoms with E-state index < -0.39 is 0 Å². The third kappa shape index (κ3) is 2.15. The van der Waals surface area contributed by atoms with Crippen molar-refractivity contribution in [3.63, 3.8) is 0 Å². The molecule has 0 aromatic heterocycles. The molecule has 1 heterocycles. The van der Waals surface area contributed by atoms with E-state index in [0.29, 0.717) is 0 Å². The summed E-state index contributed by atoms with van der Waals surface area (Å²) in [6, 6.07) is 0. The van der Waals surface area contributed by atoms with Crippen molar-refractivity contribution in [2.45, 2.75) is 26.2 Å². The summed E-state index contributed by atoms with van der Waals surface area (Å²) in [5, 5.41) is 3.13. The van der Waals surface area contributed by atoms with Crippen LogP contribution >= 0.6 is 0 Å². The molecule has 1 N–H and O–H groups in total. The number of nitrogens with zero attached hydrogens (tertiary/aromatic N) is 1. The monoisotopic (exact) mass is 152 g/mol. The van der Waals surface area contributed by atoms with Gasteiger partial charge >= 0.3 is 0 Å². The lowest BCUT2D eigenvalue weighted by atomic mass is 10.0. The lowest BCUT2D eigenvalue weighted by Crippen LogP contribution is -2.13. The zero-order valence-corrected chi connectivity index (χ0v) is 7.35. The minimum atomic E-state index is 0.916. The second kappa shape index (κ2) is 4.29. The molecule has 0 spiro atoms. The van der Waals surface area contributed by atoms with E-state index in [2.05, 4.69) is 17.2 Å². The minimum absolute atomic E-state index is 0.916. The molecule has 0 unspecified atom stereocenters. The van der Waals surface area contributed by atoms with Crippen LogP contribution in [0, 0.1) is 0 Å². The fourth-order valence-corrected chi connectivity index (χ4v) is 1.37. The first-order valence-electron chi connectivity index (χ1n) is 4.26. The van der Waals surface area contributed by atoms with E-state index in [9.17, 15) is 0 Å². The first-order chi connectivity index (χ1) is 5.38. The lowest BCUT2D eigenvalue weighted by molar-refractivity contribution is 0.804. The summed E-state index contributed by atoms with van der Waals surface area (Å²) in [5.74, 6) is 0. The highest BCUT2D eigenvalue weighted by Gasteiger charge is 2.05. The molecule has 0 saturated carbocycles. The van der Waals surface area contributed by atoms with Crippen molar-refractivity contribution in [2.24, 2.45) is 4.99 Å². The first kappa shape index (κ1) is 8.47. The number of aliphatic imine (C=N–C) groups is 1. The van der Waals surface area contributed by atoms with Crippen molar-refractivity contribution in [1.82, 2.24) is 5.32 Å². The van der Waals surface area contributed by atoms with Gasteiger partial charge in [-0.25, -0.2) is 0 Å². The van der Waals surface area contributed by atoms with Gasteiger partial charge in [0, 0.05) is 12.8 Å². The van der Waals surface area contributed by atoms with E-state index >= 15 is 0 Å². The fourth-order valence-electron chi connectivity index (χ4n) is 1.37. The Morgan fingerprint density at radius 1 is 1.64 bits per heavy atom. The fraction of sp³-hybridized carbons (Fsp3) is 0.667. The van der Waals surface area contributed by atoms with Crippen molar-refractivity contribution < 1.29 is 0 Å². The predicted octanol–water partition coefficient (Wildman–Crippen LogP) is 1.73. The molecule has 0 aromatic carbocycles. The second-order valence-corrected chi connectivity index (χ2v) is 2.78. The van der Waals surface area contributed by atoms with Gasteiger partial charge in [-0.2, -0.15) is 0 Å². The van der Waals surface area contributed by atoms with Gasteiger partial charge in [0.05, 0.1) is 5.70 Å². The van der Waals surface area contributed by atoms with E-state index in [4.69, 9.17) is 0 Å². The van der Waals surface area contributed by atoms with Crippen LogP contribution in [0.1, 0.15) is 26.2 Å². The molecule has 0 fully saturated rings. The Bertz CT molecular complexity index is 180. The highest BCUT2D eigenvalue weighted by molar-refractivity contribution is 5.61. The number of likely N-dealkylation sites (N-methyl/N-ethyl adjacent to an activating group) is 1. The zero-order chi connectivity index (χ0) is 8.10. The van der Waals surface area contributed by atoms with Crippen LogP contribution in [0.5, 0.6) is 0 Å². The van der Waals surface area contributed by atoms with Gasteiger partial charge in [0.1, 0.15) is 0 Å². The maximum absolute atomic E-state index is 4.36. The molecule has 0 amide bonds. The second-order valence-electron chi connectivity index (χ2n) is 2.78. The van der Waals surface area contributed by atoms with Crippen molar-refractivity contribution in [1.29, 1.82) is 0 Å². The average molecular weight is 152 g/mol. The van der Waals surface area contributed by atoms with Crippen LogP contribution in [-0.2, 0) is 0 Å². The largest absolute Gasteiger partial charge is 0.314 e.